The van der Waals surface area contributed by atoms with Crippen molar-refractivity contribution in [1.29, 1.82) is 0 Å². The van der Waals surface area contributed by atoms with Crippen LogP contribution < -0.4 is 14.4 Å². The van der Waals surface area contributed by atoms with Gasteiger partial charge in [0, 0.05) is 35.5 Å². The number of hydrogen-bond acceptors (Lipinski definition) is 7. The van der Waals surface area contributed by atoms with Gasteiger partial charge in [-0.05, 0) is 112 Å². The van der Waals surface area contributed by atoms with E-state index in [-0.39, 0.29) is 40.9 Å². The largest absolute Gasteiger partial charge is 0.490 e. The average molecular weight is 655 g/mol. The highest BCUT2D eigenvalue weighted by Crippen LogP contribution is 2.49. The van der Waals surface area contributed by atoms with Crippen LogP contribution in [0.3, 0.4) is 0 Å². The van der Waals surface area contributed by atoms with E-state index in [4.69, 9.17) is 16.3 Å². The highest BCUT2D eigenvalue weighted by Gasteiger charge is 2.48. The fourth-order valence-electron chi connectivity index (χ4n) is 7.96. The summed E-state index contributed by atoms with van der Waals surface area (Å²) in [6, 6.07) is 11.2. The summed E-state index contributed by atoms with van der Waals surface area (Å²) >= 11 is 6.40. The van der Waals surface area contributed by atoms with Crippen LogP contribution in [0.25, 0.3) is 0 Å². The summed E-state index contributed by atoms with van der Waals surface area (Å²) in [7, 11) is -4.00. The Morgan fingerprint density at radius 1 is 1.18 bits per heavy atom. The first kappa shape index (κ1) is 32.1. The molecule has 45 heavy (non-hydrogen) atoms. The zero-order valence-corrected chi connectivity index (χ0v) is 27.8. The molecule has 4 aliphatic rings. The van der Waals surface area contributed by atoms with Crippen molar-refractivity contribution in [2.24, 2.45) is 17.8 Å². The Morgan fingerprint density at radius 2 is 1.98 bits per heavy atom. The van der Waals surface area contributed by atoms with Crippen LogP contribution in [-0.4, -0.2) is 55.8 Å². The number of Topliss-reactive ketones (excluding diaryl/α,β-unsaturated/α-hetero) is 1. The van der Waals surface area contributed by atoms with Gasteiger partial charge in [-0.2, -0.15) is 0 Å². The quantitative estimate of drug-likeness (QED) is 0.406. The number of ketones is 1. The molecule has 1 spiro atoms. The van der Waals surface area contributed by atoms with E-state index in [0.717, 1.165) is 37.8 Å². The summed E-state index contributed by atoms with van der Waals surface area (Å²) in [6.45, 7) is 6.56. The van der Waals surface area contributed by atoms with E-state index in [1.54, 1.807) is 31.2 Å². The number of benzene rings is 2. The molecule has 2 aliphatic carbocycles. The minimum Gasteiger partial charge on any atom is -0.490 e. The Balaban J connectivity index is 1.46. The molecule has 2 aromatic carbocycles. The van der Waals surface area contributed by atoms with Crippen LogP contribution in [-0.2, 0) is 26.7 Å². The van der Waals surface area contributed by atoms with Crippen LogP contribution in [0.5, 0.6) is 5.75 Å². The van der Waals surface area contributed by atoms with Gasteiger partial charge in [0.15, 0.2) is 0 Å². The van der Waals surface area contributed by atoms with Crippen molar-refractivity contribution in [3.05, 3.63) is 70.3 Å². The second-order valence-electron chi connectivity index (χ2n) is 13.9. The first-order valence-electron chi connectivity index (χ1n) is 16.1. The third kappa shape index (κ3) is 6.15. The van der Waals surface area contributed by atoms with E-state index in [2.05, 4.69) is 15.7 Å². The standard InChI is InChI=1S/C35H43ClN2O6S/c1-22-6-4-15-35(41,18-23(2)39)30-11-8-27(30)19-38-20-34(14-5-7-25-16-28(36)10-12-29(25)34)21-44-32-13-9-26(17-31(32)38)33(40)37-45(42,43)24(22)3/h4,9-10,12-13,15-17,22,24,27,30,41H,5-8,11,14,18-21H2,1-3H3,(H,37,40)/b15-4+/t22-,24+,27-,30+,34-,35-/m0/s1. The minimum absolute atomic E-state index is 0.00484. The Kier molecular flexibility index (Phi) is 8.59. The third-order valence-electron chi connectivity index (χ3n) is 10.8. The van der Waals surface area contributed by atoms with Gasteiger partial charge in [-0.25, -0.2) is 13.1 Å². The Morgan fingerprint density at radius 3 is 2.71 bits per heavy atom. The van der Waals surface area contributed by atoms with Crippen LogP contribution in [0.2, 0.25) is 5.02 Å². The number of hydrogen-bond donors (Lipinski definition) is 2. The Labute approximate surface area is 271 Å². The number of nitrogens with one attached hydrogen (secondary N) is 1. The molecule has 2 heterocycles. The zero-order valence-electron chi connectivity index (χ0n) is 26.2. The fourth-order valence-corrected chi connectivity index (χ4v) is 9.44. The molecule has 0 aromatic heterocycles. The van der Waals surface area contributed by atoms with Crippen molar-refractivity contribution in [1.82, 2.24) is 4.72 Å². The molecule has 0 radical (unpaired) electrons. The van der Waals surface area contributed by atoms with Crippen molar-refractivity contribution in [2.75, 3.05) is 24.6 Å². The van der Waals surface area contributed by atoms with Crippen molar-refractivity contribution < 1.29 is 27.9 Å². The summed E-state index contributed by atoms with van der Waals surface area (Å²) < 4.78 is 35.4. The maximum atomic E-state index is 13.4. The fraction of sp³-hybridized carbons (Fsp3) is 0.543. The van der Waals surface area contributed by atoms with Gasteiger partial charge in [-0.3, -0.25) is 9.59 Å². The van der Waals surface area contributed by atoms with E-state index in [1.807, 2.05) is 25.1 Å². The molecule has 2 N–H and O–H groups in total. The first-order valence-corrected chi connectivity index (χ1v) is 18.0. The van der Waals surface area contributed by atoms with Gasteiger partial charge in [0.1, 0.15) is 11.5 Å². The van der Waals surface area contributed by atoms with E-state index in [9.17, 15) is 23.1 Å². The number of nitrogens with zero attached hydrogens (tertiary/aromatic N) is 1. The number of carbonyl (C=O) groups is 2. The third-order valence-corrected chi connectivity index (χ3v) is 12.9. The number of allylic oxidation sites excluding steroid dienone is 1. The Hall–Kier alpha value is -2.88. The van der Waals surface area contributed by atoms with Gasteiger partial charge in [0.25, 0.3) is 5.91 Å². The van der Waals surface area contributed by atoms with Gasteiger partial charge < -0.3 is 14.7 Å². The Bertz CT molecular complexity index is 1640. The van der Waals surface area contributed by atoms with Gasteiger partial charge >= 0.3 is 0 Å². The summed E-state index contributed by atoms with van der Waals surface area (Å²) in [6.07, 6.45) is 8.44. The number of aryl methyl sites for hydroxylation is 1. The minimum atomic E-state index is -4.00. The number of anilines is 1. The number of amides is 1. The summed E-state index contributed by atoms with van der Waals surface area (Å²) in [4.78, 5) is 28.1. The highest BCUT2D eigenvalue weighted by molar-refractivity contribution is 7.90. The molecule has 6 atom stereocenters. The number of carbonyl (C=O) groups excluding carboxylic acids is 2. The van der Waals surface area contributed by atoms with Crippen LogP contribution in [0.15, 0.2) is 48.6 Å². The number of fused-ring (bicyclic) bond motifs is 4. The molecule has 1 saturated carbocycles. The lowest BCUT2D eigenvalue weighted by atomic mass is 9.62. The molecular formula is C35H43ClN2O6S. The SMILES string of the molecule is CC(=O)C[C@@]1(O)/C=C/C[C@H](C)[C@@H](C)S(=O)(=O)NC(=O)c2ccc3c(c2)N(C[C@@H]2CC[C@H]21)C[C@@]1(CCCc2cc(Cl)ccc21)CO3. The summed E-state index contributed by atoms with van der Waals surface area (Å²) in [5, 5.41) is 11.9. The predicted octanol–water partition coefficient (Wildman–Crippen LogP) is 5.59. The molecule has 8 nitrogen and oxygen atoms in total. The second kappa shape index (κ2) is 12.0. The molecule has 10 heteroatoms. The van der Waals surface area contributed by atoms with Crippen LogP contribution in [0, 0.1) is 17.8 Å². The molecule has 242 valence electrons. The van der Waals surface area contributed by atoms with Crippen molar-refractivity contribution in [3.8, 4) is 5.75 Å². The smallest absolute Gasteiger partial charge is 0.264 e. The van der Waals surface area contributed by atoms with E-state index < -0.39 is 26.8 Å². The average Bonchev–Trinajstić information content (AvgIpc) is 3.10. The maximum Gasteiger partial charge on any atom is 0.264 e. The van der Waals surface area contributed by atoms with Crippen LogP contribution >= 0.6 is 11.6 Å². The van der Waals surface area contributed by atoms with Gasteiger partial charge in [-0.1, -0.05) is 36.7 Å². The highest BCUT2D eigenvalue weighted by atomic mass is 35.5. The molecule has 0 saturated heterocycles. The number of aliphatic hydroxyl groups is 1. The molecule has 1 fully saturated rings. The molecule has 2 aliphatic heterocycles. The van der Waals surface area contributed by atoms with Crippen molar-refractivity contribution in [2.45, 2.75) is 82.0 Å². The first-order chi connectivity index (χ1) is 21.3. The van der Waals surface area contributed by atoms with E-state index in [1.165, 1.54) is 18.1 Å². The number of rotatable bonds is 2. The van der Waals surface area contributed by atoms with Crippen LogP contribution in [0.1, 0.15) is 80.8 Å². The normalized spacial score (nSPS) is 33.4. The van der Waals surface area contributed by atoms with E-state index in [0.29, 0.717) is 36.9 Å². The summed E-state index contributed by atoms with van der Waals surface area (Å²) in [5.41, 5.74) is 1.73. The van der Waals surface area contributed by atoms with Crippen LogP contribution in [0.4, 0.5) is 5.69 Å². The van der Waals surface area contributed by atoms with E-state index >= 15 is 0 Å². The predicted molar refractivity (Wildman–Crippen MR) is 175 cm³/mol. The molecule has 0 unspecified atom stereocenters. The molecule has 1 amide bonds. The molecular weight excluding hydrogens is 612 g/mol. The number of sulfonamides is 1. The molecule has 2 bridgehead atoms. The van der Waals surface area contributed by atoms with Gasteiger partial charge in [-0.15, -0.1) is 0 Å². The molecule has 2 aromatic rings. The summed E-state index contributed by atoms with van der Waals surface area (Å²) in [5.74, 6) is -0.521. The van der Waals surface area contributed by atoms with Crippen molar-refractivity contribution in [3.63, 3.8) is 0 Å². The number of halogens is 1. The second-order valence-corrected chi connectivity index (χ2v) is 16.4. The lowest BCUT2D eigenvalue weighted by Gasteiger charge is -2.49. The van der Waals surface area contributed by atoms with Gasteiger partial charge in [0.2, 0.25) is 10.0 Å². The van der Waals surface area contributed by atoms with Gasteiger partial charge in [0.05, 0.1) is 23.1 Å². The molecule has 6 rings (SSSR count). The lowest BCUT2D eigenvalue weighted by Crippen LogP contribution is -2.53. The topological polar surface area (TPSA) is 113 Å². The zero-order chi connectivity index (χ0) is 32.1. The maximum absolute atomic E-state index is 13.4. The number of ether oxygens (including phenoxy) is 1. The monoisotopic (exact) mass is 654 g/mol. The van der Waals surface area contributed by atoms with Crippen molar-refractivity contribution >= 4 is 39.0 Å². The lowest BCUT2D eigenvalue weighted by molar-refractivity contribution is -0.125.